The summed E-state index contributed by atoms with van der Waals surface area (Å²) in [5.41, 5.74) is 4.44. The minimum absolute atomic E-state index is 0.166. The molecule has 1 aromatic carbocycles. The number of hydrogen-bond acceptors (Lipinski definition) is 6. The zero-order valence-corrected chi connectivity index (χ0v) is 20.9. The summed E-state index contributed by atoms with van der Waals surface area (Å²) < 4.78 is 5.14. The first-order valence-corrected chi connectivity index (χ1v) is 12.3. The van der Waals surface area contributed by atoms with E-state index in [1.807, 2.05) is 43.5 Å². The molecular weight excluding hydrogens is 478 g/mol. The van der Waals surface area contributed by atoms with Gasteiger partial charge in [-0.3, -0.25) is 14.1 Å². The molecule has 0 fully saturated rings. The molecule has 0 aliphatic heterocycles. The van der Waals surface area contributed by atoms with E-state index in [0.717, 1.165) is 47.2 Å². The van der Waals surface area contributed by atoms with Crippen LogP contribution in [0.25, 0.3) is 28.3 Å². The minimum atomic E-state index is -0.166. The van der Waals surface area contributed by atoms with E-state index >= 15 is 0 Å². The third kappa shape index (κ3) is 4.35. The van der Waals surface area contributed by atoms with Crippen LogP contribution in [0.15, 0.2) is 59.9 Å². The highest BCUT2D eigenvalue weighted by atomic mass is 35.5. The van der Waals surface area contributed by atoms with E-state index in [4.69, 9.17) is 11.6 Å². The third-order valence-electron chi connectivity index (χ3n) is 6.19. The average Bonchev–Trinajstić information content (AvgIpc) is 3.64. The van der Waals surface area contributed by atoms with E-state index in [1.165, 1.54) is 0 Å². The van der Waals surface area contributed by atoms with E-state index in [-0.39, 0.29) is 5.69 Å². The molecule has 0 saturated heterocycles. The van der Waals surface area contributed by atoms with Crippen LogP contribution in [0.3, 0.4) is 0 Å². The first kappa shape index (κ1) is 23.7. The fourth-order valence-corrected chi connectivity index (χ4v) is 4.65. The Hall–Kier alpha value is -4.05. The van der Waals surface area contributed by atoms with Crippen LogP contribution in [0.4, 0.5) is 0 Å². The molecular formula is C25H26ClN9O. The van der Waals surface area contributed by atoms with Crippen LogP contribution in [0, 0.1) is 0 Å². The second-order valence-electron chi connectivity index (χ2n) is 8.42. The Bertz CT molecular complexity index is 1530. The van der Waals surface area contributed by atoms with Gasteiger partial charge in [-0.25, -0.2) is 14.6 Å². The number of H-pyrrole nitrogens is 1. The smallest absolute Gasteiger partial charge is 0.291 e. The quantitative estimate of drug-likeness (QED) is 0.323. The van der Waals surface area contributed by atoms with Gasteiger partial charge in [-0.2, -0.15) is 5.10 Å². The number of tetrazole rings is 1. The van der Waals surface area contributed by atoms with Crippen molar-refractivity contribution < 1.29 is 0 Å². The second kappa shape index (κ2) is 10.3. The number of aromatic nitrogens is 9. The standard InChI is InChI=1S/C25H26ClN9O/c1-3-5-8-18-16-34(24-22(26)14-28-35(24)4-2)25(36)33(18)15-17-13-27-12-11-19(17)20-9-6-7-10-21(20)23-29-31-32-30-23/h6-7,9-14,16H,3-5,8,15H2,1-2H3,(H,29,30,31,32). The maximum absolute atomic E-state index is 13.8. The summed E-state index contributed by atoms with van der Waals surface area (Å²) in [6.45, 7) is 5.06. The lowest BCUT2D eigenvalue weighted by Gasteiger charge is -2.14. The average molecular weight is 504 g/mol. The van der Waals surface area contributed by atoms with Crippen molar-refractivity contribution >= 4 is 11.6 Å². The molecule has 0 spiro atoms. The van der Waals surface area contributed by atoms with Crippen molar-refractivity contribution in [1.82, 2.24) is 44.5 Å². The molecule has 11 heteroatoms. The van der Waals surface area contributed by atoms with Crippen LogP contribution in [0.5, 0.6) is 0 Å². The van der Waals surface area contributed by atoms with Crippen LogP contribution in [-0.4, -0.2) is 44.5 Å². The Labute approximate surface area is 212 Å². The highest BCUT2D eigenvalue weighted by Crippen LogP contribution is 2.32. The van der Waals surface area contributed by atoms with Crippen LogP contribution >= 0.6 is 11.6 Å². The lowest BCUT2D eigenvalue weighted by Crippen LogP contribution is -2.26. The van der Waals surface area contributed by atoms with Crippen molar-refractivity contribution in [3.05, 3.63) is 81.9 Å². The Morgan fingerprint density at radius 2 is 1.89 bits per heavy atom. The van der Waals surface area contributed by atoms with Gasteiger partial charge in [0.05, 0.1) is 12.7 Å². The number of hydrogen-bond donors (Lipinski definition) is 1. The monoisotopic (exact) mass is 503 g/mol. The van der Waals surface area contributed by atoms with Crippen LogP contribution in [-0.2, 0) is 19.5 Å². The van der Waals surface area contributed by atoms with Crippen LogP contribution < -0.4 is 5.69 Å². The summed E-state index contributed by atoms with van der Waals surface area (Å²) in [6, 6.07) is 9.84. The molecule has 36 heavy (non-hydrogen) atoms. The topological polar surface area (TPSA) is 112 Å². The van der Waals surface area contributed by atoms with E-state index in [2.05, 4.69) is 37.6 Å². The van der Waals surface area contributed by atoms with Gasteiger partial charge in [-0.05, 0) is 52.9 Å². The molecule has 0 atom stereocenters. The van der Waals surface area contributed by atoms with Gasteiger partial charge in [0, 0.05) is 36.4 Å². The number of rotatable bonds is 9. The zero-order valence-electron chi connectivity index (χ0n) is 20.1. The summed E-state index contributed by atoms with van der Waals surface area (Å²) in [7, 11) is 0. The molecule has 4 heterocycles. The Balaban J connectivity index is 1.62. The first-order valence-electron chi connectivity index (χ1n) is 11.9. The predicted octanol–water partition coefficient (Wildman–Crippen LogP) is 4.14. The van der Waals surface area contributed by atoms with Gasteiger partial charge in [0.2, 0.25) is 0 Å². The molecule has 0 aliphatic carbocycles. The molecule has 184 valence electrons. The molecule has 0 unspecified atom stereocenters. The summed E-state index contributed by atoms with van der Waals surface area (Å²) >= 11 is 6.45. The molecule has 0 amide bonds. The maximum Gasteiger partial charge on any atom is 0.334 e. The molecule has 4 aromatic heterocycles. The largest absolute Gasteiger partial charge is 0.334 e. The molecule has 0 radical (unpaired) electrons. The van der Waals surface area contributed by atoms with Crippen LogP contribution in [0.2, 0.25) is 5.02 Å². The number of imidazole rings is 1. The fourth-order valence-electron chi connectivity index (χ4n) is 4.42. The predicted molar refractivity (Wildman–Crippen MR) is 137 cm³/mol. The normalized spacial score (nSPS) is 11.3. The number of aromatic amines is 1. The van der Waals surface area contributed by atoms with Gasteiger partial charge in [0.25, 0.3) is 0 Å². The number of benzene rings is 1. The summed E-state index contributed by atoms with van der Waals surface area (Å²) in [5, 5.41) is 19.1. The highest BCUT2D eigenvalue weighted by Gasteiger charge is 2.20. The lowest BCUT2D eigenvalue weighted by molar-refractivity contribution is 0.625. The Morgan fingerprint density at radius 3 is 2.64 bits per heavy atom. The summed E-state index contributed by atoms with van der Waals surface area (Å²) in [6.07, 6.45) is 9.77. The first-order chi connectivity index (χ1) is 17.6. The Morgan fingerprint density at radius 1 is 1.06 bits per heavy atom. The third-order valence-corrected chi connectivity index (χ3v) is 6.46. The van der Waals surface area contributed by atoms with Crippen molar-refractivity contribution in [3.8, 4) is 28.3 Å². The van der Waals surface area contributed by atoms with Crippen molar-refractivity contribution in [2.24, 2.45) is 0 Å². The van der Waals surface area contributed by atoms with Gasteiger partial charge in [0.15, 0.2) is 11.6 Å². The van der Waals surface area contributed by atoms with E-state index in [0.29, 0.717) is 29.8 Å². The van der Waals surface area contributed by atoms with Crippen molar-refractivity contribution in [2.75, 3.05) is 0 Å². The molecule has 10 nitrogen and oxygen atoms in total. The van der Waals surface area contributed by atoms with Crippen molar-refractivity contribution in [2.45, 2.75) is 46.2 Å². The Kier molecular flexibility index (Phi) is 6.77. The van der Waals surface area contributed by atoms with E-state index in [1.54, 1.807) is 32.4 Å². The van der Waals surface area contributed by atoms with Crippen molar-refractivity contribution in [3.63, 3.8) is 0 Å². The molecule has 5 aromatic rings. The number of pyridine rings is 1. The maximum atomic E-state index is 13.8. The molecule has 0 aliphatic rings. The van der Waals surface area contributed by atoms with E-state index in [9.17, 15) is 4.79 Å². The number of nitrogens with zero attached hydrogens (tertiary/aromatic N) is 8. The van der Waals surface area contributed by atoms with Gasteiger partial charge in [-0.15, -0.1) is 5.10 Å². The van der Waals surface area contributed by atoms with Crippen LogP contribution in [0.1, 0.15) is 37.9 Å². The zero-order chi connectivity index (χ0) is 25.1. The summed E-state index contributed by atoms with van der Waals surface area (Å²) in [5.74, 6) is 1.15. The second-order valence-corrected chi connectivity index (χ2v) is 8.83. The number of halogens is 1. The number of nitrogens with one attached hydrogen (secondary N) is 1. The minimum Gasteiger partial charge on any atom is -0.291 e. The van der Waals surface area contributed by atoms with E-state index < -0.39 is 0 Å². The SMILES string of the molecule is CCCCc1cn(-c2c(Cl)cnn2CC)c(=O)n1Cc1cnccc1-c1ccccc1-c1nnn[nH]1. The molecule has 0 saturated carbocycles. The molecule has 1 N–H and O–H groups in total. The van der Waals surface area contributed by atoms with Gasteiger partial charge < -0.3 is 0 Å². The number of aryl methyl sites for hydroxylation is 2. The summed E-state index contributed by atoms with van der Waals surface area (Å²) in [4.78, 5) is 18.1. The van der Waals surface area contributed by atoms with Gasteiger partial charge in [0.1, 0.15) is 5.02 Å². The van der Waals surface area contributed by atoms with Crippen molar-refractivity contribution in [1.29, 1.82) is 0 Å². The lowest BCUT2D eigenvalue weighted by atomic mass is 9.96. The van der Waals surface area contributed by atoms with Gasteiger partial charge >= 0.3 is 5.69 Å². The number of unbranched alkanes of at least 4 members (excludes halogenated alkanes) is 1. The fraction of sp³-hybridized carbons (Fsp3) is 0.280. The molecule has 0 bridgehead atoms. The van der Waals surface area contributed by atoms with Gasteiger partial charge in [-0.1, -0.05) is 49.2 Å². The highest BCUT2D eigenvalue weighted by molar-refractivity contribution is 6.32. The molecule has 5 rings (SSSR count).